The van der Waals surface area contributed by atoms with Gasteiger partial charge < -0.3 is 15.3 Å². The molecule has 4 heteroatoms. The molecule has 86 valence electrons. The van der Waals surface area contributed by atoms with Crippen molar-refractivity contribution in [3.8, 4) is 0 Å². The van der Waals surface area contributed by atoms with Gasteiger partial charge in [-0.3, -0.25) is 4.79 Å². The number of nitrogens with zero attached hydrogens (tertiary/aromatic N) is 1. The van der Waals surface area contributed by atoms with Crippen LogP contribution < -0.4 is 5.32 Å². The monoisotopic (exact) mass is 212 g/mol. The highest BCUT2D eigenvalue weighted by Gasteiger charge is 2.35. The van der Waals surface area contributed by atoms with Crippen molar-refractivity contribution < 1.29 is 9.90 Å². The van der Waals surface area contributed by atoms with E-state index in [1.54, 1.807) is 6.92 Å². The van der Waals surface area contributed by atoms with E-state index in [-0.39, 0.29) is 18.0 Å². The molecule has 0 aliphatic carbocycles. The van der Waals surface area contributed by atoms with Crippen LogP contribution in [0, 0.1) is 0 Å². The van der Waals surface area contributed by atoms with Crippen LogP contribution in [0.15, 0.2) is 0 Å². The number of nitrogens with one attached hydrogen (secondary N) is 1. The van der Waals surface area contributed by atoms with Gasteiger partial charge in [0.25, 0.3) is 0 Å². The summed E-state index contributed by atoms with van der Waals surface area (Å²) in [6, 6.07) is 0.0456. The molecule has 2 aliphatic rings. The van der Waals surface area contributed by atoms with Crippen LogP contribution in [0.5, 0.6) is 0 Å². The second-order valence-corrected chi connectivity index (χ2v) is 4.63. The van der Waals surface area contributed by atoms with Crippen LogP contribution in [-0.2, 0) is 4.79 Å². The SMILES string of the molecule is C[C@H](O)[C@@H]1CCCN1C(=O)[C@@H]1CCCN1. The summed E-state index contributed by atoms with van der Waals surface area (Å²) in [7, 11) is 0. The number of rotatable bonds is 2. The third-order valence-electron chi connectivity index (χ3n) is 3.50. The first-order valence-corrected chi connectivity index (χ1v) is 5.92. The molecule has 0 bridgehead atoms. The zero-order valence-corrected chi connectivity index (χ0v) is 9.28. The van der Waals surface area contributed by atoms with E-state index in [2.05, 4.69) is 5.32 Å². The van der Waals surface area contributed by atoms with Crippen molar-refractivity contribution in [2.24, 2.45) is 0 Å². The highest BCUT2D eigenvalue weighted by atomic mass is 16.3. The summed E-state index contributed by atoms with van der Waals surface area (Å²) < 4.78 is 0. The Morgan fingerprint density at radius 2 is 2.27 bits per heavy atom. The average Bonchev–Trinajstić information content (AvgIpc) is 2.88. The number of carbonyl (C=O) groups is 1. The van der Waals surface area contributed by atoms with Gasteiger partial charge in [-0.1, -0.05) is 0 Å². The Morgan fingerprint density at radius 1 is 1.47 bits per heavy atom. The molecule has 0 spiro atoms. The molecule has 0 aromatic rings. The molecule has 1 amide bonds. The van der Waals surface area contributed by atoms with E-state index in [1.165, 1.54) is 0 Å². The Labute approximate surface area is 90.6 Å². The van der Waals surface area contributed by atoms with Crippen molar-refractivity contribution in [3.63, 3.8) is 0 Å². The van der Waals surface area contributed by atoms with Crippen LogP contribution in [0.2, 0.25) is 0 Å². The first-order valence-electron chi connectivity index (χ1n) is 5.92. The van der Waals surface area contributed by atoms with E-state index in [0.717, 1.165) is 38.8 Å². The van der Waals surface area contributed by atoms with Gasteiger partial charge in [-0.25, -0.2) is 0 Å². The minimum atomic E-state index is -0.405. The van der Waals surface area contributed by atoms with Crippen LogP contribution in [-0.4, -0.2) is 47.2 Å². The minimum Gasteiger partial charge on any atom is -0.391 e. The lowest BCUT2D eigenvalue weighted by Gasteiger charge is -2.29. The number of aliphatic hydroxyl groups excluding tert-OH is 1. The van der Waals surface area contributed by atoms with Crippen LogP contribution in [0.1, 0.15) is 32.6 Å². The van der Waals surface area contributed by atoms with E-state index in [9.17, 15) is 9.90 Å². The molecule has 3 atom stereocenters. The Kier molecular flexibility index (Phi) is 3.26. The maximum absolute atomic E-state index is 12.1. The van der Waals surface area contributed by atoms with Gasteiger partial charge in [-0.15, -0.1) is 0 Å². The van der Waals surface area contributed by atoms with Crippen molar-refractivity contribution >= 4 is 5.91 Å². The van der Waals surface area contributed by atoms with Gasteiger partial charge in [-0.05, 0) is 39.2 Å². The molecule has 0 radical (unpaired) electrons. The normalized spacial score (nSPS) is 33.3. The van der Waals surface area contributed by atoms with E-state index in [0.29, 0.717) is 0 Å². The van der Waals surface area contributed by atoms with Gasteiger partial charge in [-0.2, -0.15) is 0 Å². The second-order valence-electron chi connectivity index (χ2n) is 4.63. The molecule has 15 heavy (non-hydrogen) atoms. The van der Waals surface area contributed by atoms with E-state index >= 15 is 0 Å². The van der Waals surface area contributed by atoms with E-state index in [1.807, 2.05) is 4.90 Å². The maximum Gasteiger partial charge on any atom is 0.240 e. The van der Waals surface area contributed by atoms with Crippen LogP contribution >= 0.6 is 0 Å². The molecule has 0 aromatic carbocycles. The topological polar surface area (TPSA) is 52.6 Å². The zero-order valence-electron chi connectivity index (χ0n) is 9.28. The first-order chi connectivity index (χ1) is 7.20. The van der Waals surface area contributed by atoms with Crippen molar-refractivity contribution in [1.29, 1.82) is 0 Å². The standard InChI is InChI=1S/C11H20N2O2/c1-8(14)10-5-3-7-13(10)11(15)9-4-2-6-12-9/h8-10,12,14H,2-7H2,1H3/t8-,9-,10-/m0/s1. The third kappa shape index (κ3) is 2.16. The van der Waals surface area contributed by atoms with Crippen molar-refractivity contribution in [2.45, 2.75) is 50.8 Å². The Hall–Kier alpha value is -0.610. The quantitative estimate of drug-likeness (QED) is 0.683. The van der Waals surface area contributed by atoms with Gasteiger partial charge in [0.05, 0.1) is 18.2 Å². The average molecular weight is 212 g/mol. The van der Waals surface area contributed by atoms with E-state index in [4.69, 9.17) is 0 Å². The van der Waals surface area contributed by atoms with Gasteiger partial charge >= 0.3 is 0 Å². The summed E-state index contributed by atoms with van der Waals surface area (Å²) in [5, 5.41) is 12.8. The predicted octanol–water partition coefficient (Wildman–Crippen LogP) is 0.110. The lowest BCUT2D eigenvalue weighted by molar-refractivity contribution is -0.135. The molecule has 2 saturated heterocycles. The maximum atomic E-state index is 12.1. The number of likely N-dealkylation sites (tertiary alicyclic amines) is 1. The third-order valence-corrected chi connectivity index (χ3v) is 3.50. The summed E-state index contributed by atoms with van der Waals surface area (Å²) in [5.41, 5.74) is 0. The molecule has 2 rings (SSSR count). The first kappa shape index (κ1) is 10.9. The summed E-state index contributed by atoms with van der Waals surface area (Å²) >= 11 is 0. The predicted molar refractivity (Wildman–Crippen MR) is 57.4 cm³/mol. The number of carbonyl (C=O) groups excluding carboxylic acids is 1. The summed E-state index contributed by atoms with van der Waals surface area (Å²) in [4.78, 5) is 14.0. The fourth-order valence-corrected chi connectivity index (χ4v) is 2.66. The largest absolute Gasteiger partial charge is 0.391 e. The molecule has 2 N–H and O–H groups in total. The van der Waals surface area contributed by atoms with Crippen LogP contribution in [0.25, 0.3) is 0 Å². The molecule has 2 aliphatic heterocycles. The van der Waals surface area contributed by atoms with Gasteiger partial charge in [0.2, 0.25) is 5.91 Å². The zero-order chi connectivity index (χ0) is 10.8. The molecule has 0 unspecified atom stereocenters. The second kappa shape index (κ2) is 4.49. The minimum absolute atomic E-state index is 0.00403. The smallest absolute Gasteiger partial charge is 0.240 e. The molecular formula is C11H20N2O2. The molecule has 2 fully saturated rings. The number of hydrogen-bond acceptors (Lipinski definition) is 3. The van der Waals surface area contributed by atoms with Gasteiger partial charge in [0.1, 0.15) is 0 Å². The molecule has 0 aromatic heterocycles. The lowest BCUT2D eigenvalue weighted by Crippen LogP contribution is -2.48. The highest BCUT2D eigenvalue weighted by Crippen LogP contribution is 2.22. The Balaban J connectivity index is 1.99. The molecule has 0 saturated carbocycles. The highest BCUT2D eigenvalue weighted by molar-refractivity contribution is 5.82. The number of aliphatic hydroxyl groups is 1. The van der Waals surface area contributed by atoms with Crippen molar-refractivity contribution in [3.05, 3.63) is 0 Å². The Morgan fingerprint density at radius 3 is 2.87 bits per heavy atom. The number of hydrogen-bond donors (Lipinski definition) is 2. The molecular weight excluding hydrogens is 192 g/mol. The summed E-state index contributed by atoms with van der Waals surface area (Å²) in [5.74, 6) is 0.191. The van der Waals surface area contributed by atoms with Crippen LogP contribution in [0.4, 0.5) is 0 Å². The summed E-state index contributed by atoms with van der Waals surface area (Å²) in [6.45, 7) is 3.54. The van der Waals surface area contributed by atoms with Crippen molar-refractivity contribution in [1.82, 2.24) is 10.2 Å². The lowest BCUT2D eigenvalue weighted by atomic mass is 10.1. The molecule has 2 heterocycles. The van der Waals surface area contributed by atoms with Gasteiger partial charge in [0.15, 0.2) is 0 Å². The van der Waals surface area contributed by atoms with E-state index < -0.39 is 6.10 Å². The fraction of sp³-hybridized carbons (Fsp3) is 0.909. The van der Waals surface area contributed by atoms with Gasteiger partial charge in [0, 0.05) is 6.54 Å². The summed E-state index contributed by atoms with van der Waals surface area (Å²) in [6.07, 6.45) is 3.59. The van der Waals surface area contributed by atoms with Crippen LogP contribution in [0.3, 0.4) is 0 Å². The number of amides is 1. The fourth-order valence-electron chi connectivity index (χ4n) is 2.66. The molecule has 4 nitrogen and oxygen atoms in total. The van der Waals surface area contributed by atoms with Crippen molar-refractivity contribution in [2.75, 3.05) is 13.1 Å². The Bertz CT molecular complexity index is 237.